The second-order valence-corrected chi connectivity index (χ2v) is 10.2. The first kappa shape index (κ1) is 31.2. The van der Waals surface area contributed by atoms with Crippen molar-refractivity contribution in [3.8, 4) is 11.8 Å². The van der Waals surface area contributed by atoms with Crippen molar-refractivity contribution in [2.24, 2.45) is 0 Å². The number of hydrogen-bond acceptors (Lipinski definition) is 7. The van der Waals surface area contributed by atoms with Crippen molar-refractivity contribution < 1.29 is 49.7 Å². The maximum absolute atomic E-state index is 13.5. The molecule has 0 saturated carbocycles. The summed E-state index contributed by atoms with van der Waals surface area (Å²) in [7, 11) is -3.11. The minimum atomic E-state index is -5.46. The lowest BCUT2D eigenvalue weighted by molar-refractivity contribution is -0.139. The van der Waals surface area contributed by atoms with Crippen LogP contribution in [0.1, 0.15) is 30.5 Å². The minimum Gasteiger partial charge on any atom is -0.449 e. The Morgan fingerprint density at radius 1 is 1.15 bits per heavy atom. The summed E-state index contributed by atoms with van der Waals surface area (Å²) in [5.41, 5.74) is -8.52. The molecule has 1 aromatic heterocycles. The van der Waals surface area contributed by atoms with Gasteiger partial charge in [-0.2, -0.15) is 36.7 Å². The number of alkyl halides is 6. The van der Waals surface area contributed by atoms with E-state index in [0.717, 1.165) is 11.9 Å². The molecule has 2 heterocycles. The van der Waals surface area contributed by atoms with E-state index in [0.29, 0.717) is 21.7 Å². The van der Waals surface area contributed by atoms with Gasteiger partial charge in [0.05, 0.1) is 22.2 Å². The van der Waals surface area contributed by atoms with Gasteiger partial charge < -0.3 is 4.74 Å². The minimum absolute atomic E-state index is 0.0285. The average Bonchev–Trinajstić information content (AvgIpc) is 3.38. The van der Waals surface area contributed by atoms with Gasteiger partial charge in [-0.1, -0.05) is 23.2 Å². The third-order valence-electron chi connectivity index (χ3n) is 5.37. The van der Waals surface area contributed by atoms with Crippen LogP contribution in [-0.2, 0) is 31.3 Å². The summed E-state index contributed by atoms with van der Waals surface area (Å²) in [6, 6.07) is 2.08. The molecule has 1 unspecified atom stereocenters. The Morgan fingerprint density at radius 3 is 2.17 bits per heavy atom. The number of likely N-dealkylation sites (tertiary alicyclic amines) is 1. The van der Waals surface area contributed by atoms with Crippen LogP contribution in [-0.4, -0.2) is 62.5 Å². The lowest BCUT2D eigenvalue weighted by Gasteiger charge is -2.21. The van der Waals surface area contributed by atoms with Crippen LogP contribution in [0.4, 0.5) is 37.0 Å². The van der Waals surface area contributed by atoms with E-state index in [1.807, 2.05) is 0 Å². The molecule has 19 heteroatoms. The number of imide groups is 1. The van der Waals surface area contributed by atoms with E-state index in [1.54, 1.807) is 0 Å². The molecule has 40 heavy (non-hydrogen) atoms. The third kappa shape index (κ3) is 6.34. The Balaban J connectivity index is 2.04. The van der Waals surface area contributed by atoms with Crippen LogP contribution in [0.2, 0.25) is 10.0 Å². The van der Waals surface area contributed by atoms with E-state index in [1.165, 1.54) is 6.07 Å². The fourth-order valence-electron chi connectivity index (χ4n) is 3.57. The van der Waals surface area contributed by atoms with Crippen molar-refractivity contribution in [2.45, 2.75) is 35.8 Å². The number of halogens is 8. The summed E-state index contributed by atoms with van der Waals surface area (Å²) in [6.07, 6.45) is -6.27. The van der Waals surface area contributed by atoms with Crippen molar-refractivity contribution >= 4 is 57.7 Å². The number of hydrogen-bond donors (Lipinski definition) is 0. The van der Waals surface area contributed by atoms with E-state index in [9.17, 15) is 50.2 Å². The summed E-state index contributed by atoms with van der Waals surface area (Å²) in [4.78, 5) is 36.1. The molecule has 3 amide bonds. The summed E-state index contributed by atoms with van der Waals surface area (Å²) >= 11 is 11.9. The summed E-state index contributed by atoms with van der Waals surface area (Å²) in [5, 5.41) is 11.5. The van der Waals surface area contributed by atoms with Crippen LogP contribution < -0.4 is 4.90 Å². The van der Waals surface area contributed by atoms with Gasteiger partial charge in [0.2, 0.25) is 11.8 Å². The highest BCUT2D eigenvalue weighted by atomic mass is 35.5. The summed E-state index contributed by atoms with van der Waals surface area (Å²) in [5.74, 6) is -1.83. The van der Waals surface area contributed by atoms with Gasteiger partial charge in [-0.25, -0.2) is 13.7 Å². The molecule has 2 aromatic rings. The second-order valence-electron chi connectivity index (χ2n) is 7.99. The second kappa shape index (κ2) is 11.6. The number of nitrogens with zero attached hydrogens (tertiary/aromatic N) is 5. The van der Waals surface area contributed by atoms with Gasteiger partial charge in [-0.15, -0.1) is 0 Å². The van der Waals surface area contributed by atoms with Crippen molar-refractivity contribution in [1.29, 1.82) is 5.26 Å². The number of amides is 3. The molecule has 1 saturated heterocycles. The summed E-state index contributed by atoms with van der Waals surface area (Å²) < 4.78 is 97.8. The van der Waals surface area contributed by atoms with Crippen LogP contribution in [0.15, 0.2) is 17.0 Å². The van der Waals surface area contributed by atoms with E-state index in [2.05, 4.69) is 5.10 Å². The molecule has 0 radical (unpaired) electrons. The highest BCUT2D eigenvalue weighted by molar-refractivity contribution is 7.86. The quantitative estimate of drug-likeness (QED) is 0.243. The average molecular weight is 634 g/mol. The van der Waals surface area contributed by atoms with E-state index >= 15 is 0 Å². The number of anilines is 1. The molecule has 0 bridgehead atoms. The van der Waals surface area contributed by atoms with E-state index < -0.39 is 84.7 Å². The predicted molar refractivity (Wildman–Crippen MR) is 126 cm³/mol. The van der Waals surface area contributed by atoms with Crippen LogP contribution in [0.5, 0.6) is 0 Å². The van der Waals surface area contributed by atoms with Gasteiger partial charge in [0.1, 0.15) is 16.7 Å². The number of ether oxygens (including phenoxy) is 1. The molecule has 1 aromatic carbocycles. The molecule has 1 fully saturated rings. The molecular weight excluding hydrogens is 619 g/mol. The molecular formula is C21H15Cl2F6N5O5S. The van der Waals surface area contributed by atoms with Gasteiger partial charge in [0.25, 0.3) is 0 Å². The molecule has 0 spiro atoms. The standard InChI is InChI=1S/C21H15Cl2F6N5O5S/c1-32(19(37)39-6-2-5-33-14(35)3-4-15(33)36)18-17(40(38)21(27,28)29)13(9-30)31-34(18)16-11(22)7-10(8-12(16)23)20(24,25)26/h7-8H,2-6H2,1H3. The lowest BCUT2D eigenvalue weighted by Crippen LogP contribution is -2.33. The zero-order chi connectivity index (χ0) is 30.2. The monoisotopic (exact) mass is 633 g/mol. The number of benzene rings is 1. The first-order valence-corrected chi connectivity index (χ1v) is 12.7. The van der Waals surface area contributed by atoms with Crippen molar-refractivity contribution in [3.05, 3.63) is 33.4 Å². The normalized spacial score (nSPS) is 14.8. The van der Waals surface area contributed by atoms with Crippen molar-refractivity contribution in [3.63, 3.8) is 0 Å². The van der Waals surface area contributed by atoms with E-state index in [4.69, 9.17) is 27.9 Å². The molecule has 3 rings (SSSR count). The number of carbonyl (C=O) groups is 3. The van der Waals surface area contributed by atoms with Gasteiger partial charge >= 0.3 is 17.8 Å². The highest BCUT2D eigenvalue weighted by Crippen LogP contribution is 2.42. The zero-order valence-electron chi connectivity index (χ0n) is 19.9. The first-order chi connectivity index (χ1) is 18.5. The van der Waals surface area contributed by atoms with Gasteiger partial charge in [0.15, 0.2) is 22.3 Å². The Morgan fingerprint density at radius 2 is 1.70 bits per heavy atom. The SMILES string of the molecule is CN(C(=O)OCCCN1C(=O)CCC1=O)c1c(S(=O)C(F)(F)F)c(C#N)nn1-c1c(Cl)cc(C(F)(F)F)cc1Cl. The van der Waals surface area contributed by atoms with E-state index in [-0.39, 0.29) is 25.8 Å². The van der Waals surface area contributed by atoms with Gasteiger partial charge in [0, 0.05) is 26.4 Å². The molecule has 10 nitrogen and oxygen atoms in total. The highest BCUT2D eigenvalue weighted by Gasteiger charge is 2.45. The van der Waals surface area contributed by atoms with Crippen LogP contribution in [0.3, 0.4) is 0 Å². The third-order valence-corrected chi connectivity index (χ3v) is 7.12. The molecule has 1 aliphatic heterocycles. The Hall–Kier alpha value is -3.36. The number of carbonyl (C=O) groups excluding carboxylic acids is 3. The fraction of sp³-hybridized carbons (Fsp3) is 0.381. The maximum Gasteiger partial charge on any atom is 0.476 e. The Bertz CT molecular complexity index is 1400. The molecule has 1 atom stereocenters. The largest absolute Gasteiger partial charge is 0.476 e. The van der Waals surface area contributed by atoms with Crippen LogP contribution in [0.25, 0.3) is 5.69 Å². The number of aromatic nitrogens is 2. The lowest BCUT2D eigenvalue weighted by atomic mass is 10.2. The number of nitriles is 1. The van der Waals surface area contributed by atoms with Crippen LogP contribution in [0, 0.1) is 11.3 Å². The van der Waals surface area contributed by atoms with Gasteiger partial charge in [-0.05, 0) is 18.6 Å². The van der Waals surface area contributed by atoms with Gasteiger partial charge in [-0.3, -0.25) is 19.4 Å². The Kier molecular flexibility index (Phi) is 9.06. The zero-order valence-corrected chi connectivity index (χ0v) is 22.2. The smallest absolute Gasteiger partial charge is 0.449 e. The predicted octanol–water partition coefficient (Wildman–Crippen LogP) is 4.81. The van der Waals surface area contributed by atoms with Crippen molar-refractivity contribution in [1.82, 2.24) is 14.7 Å². The van der Waals surface area contributed by atoms with Crippen molar-refractivity contribution in [2.75, 3.05) is 25.1 Å². The molecule has 216 valence electrons. The first-order valence-electron chi connectivity index (χ1n) is 10.8. The van der Waals surface area contributed by atoms with Crippen LogP contribution >= 0.6 is 23.2 Å². The number of rotatable bonds is 7. The molecule has 0 N–H and O–H groups in total. The molecule has 0 aliphatic carbocycles. The maximum atomic E-state index is 13.5. The molecule has 1 aliphatic rings. The fourth-order valence-corrected chi connectivity index (χ4v) is 5.10. The summed E-state index contributed by atoms with van der Waals surface area (Å²) in [6.45, 7) is -0.537. The topological polar surface area (TPSA) is 126 Å². The Labute approximate surface area is 233 Å².